The van der Waals surface area contributed by atoms with Crippen LogP contribution in [0.4, 0.5) is 0 Å². The van der Waals surface area contributed by atoms with E-state index in [0.29, 0.717) is 6.42 Å². The number of ether oxygens (including phenoxy) is 3. The fourth-order valence-electron chi connectivity index (χ4n) is 2.87. The normalized spacial score (nSPS) is 11.6. The lowest BCUT2D eigenvalue weighted by atomic mass is 9.93. The van der Waals surface area contributed by atoms with Crippen LogP contribution in [0.1, 0.15) is 44.2 Å². The molecule has 0 amide bonds. The number of hydrogen-bond donors (Lipinski definition) is 0. The first kappa shape index (κ1) is 24.1. The Hall–Kier alpha value is -3.15. The van der Waals surface area contributed by atoms with E-state index in [1.165, 1.54) is 0 Å². The van der Waals surface area contributed by atoms with Crippen molar-refractivity contribution in [2.24, 2.45) is 11.8 Å². The van der Waals surface area contributed by atoms with Gasteiger partial charge in [0.05, 0.1) is 18.9 Å². The molecule has 0 aliphatic rings. The van der Waals surface area contributed by atoms with Gasteiger partial charge in [-0.3, -0.25) is 14.4 Å². The van der Waals surface area contributed by atoms with Crippen LogP contribution in [0, 0.1) is 11.8 Å². The van der Waals surface area contributed by atoms with E-state index >= 15 is 0 Å². The molecule has 0 radical (unpaired) electrons. The summed E-state index contributed by atoms with van der Waals surface area (Å²) in [5, 5.41) is 0. The number of carbonyl (C=O) groups is 3. The van der Waals surface area contributed by atoms with Crippen molar-refractivity contribution in [3.8, 4) is 0 Å². The van der Waals surface area contributed by atoms with E-state index in [9.17, 15) is 14.4 Å². The summed E-state index contributed by atoms with van der Waals surface area (Å²) in [5.74, 6) is -1.90. The Balaban J connectivity index is 1.66. The molecule has 1 atom stereocenters. The maximum absolute atomic E-state index is 12.4. The topological polar surface area (TPSA) is 78.9 Å². The molecule has 0 saturated carbocycles. The summed E-state index contributed by atoms with van der Waals surface area (Å²) >= 11 is 0. The van der Waals surface area contributed by atoms with Crippen LogP contribution >= 0.6 is 0 Å². The summed E-state index contributed by atoms with van der Waals surface area (Å²) < 4.78 is 15.8. The molecule has 0 bridgehead atoms. The third kappa shape index (κ3) is 9.47. The number of esters is 3. The largest absolute Gasteiger partial charge is 0.465 e. The van der Waals surface area contributed by atoms with Crippen LogP contribution in [0.5, 0.6) is 0 Å². The number of benzene rings is 2. The number of carbonyl (C=O) groups excluding carboxylic acids is 3. The van der Waals surface area contributed by atoms with Crippen LogP contribution in [0.3, 0.4) is 0 Å². The van der Waals surface area contributed by atoms with E-state index < -0.39 is 17.9 Å². The number of hydrogen-bond acceptors (Lipinski definition) is 6. The van der Waals surface area contributed by atoms with Gasteiger partial charge in [-0.2, -0.15) is 0 Å². The Morgan fingerprint density at radius 1 is 0.742 bits per heavy atom. The van der Waals surface area contributed by atoms with Crippen molar-refractivity contribution in [3.05, 3.63) is 71.8 Å². The monoisotopic (exact) mass is 426 g/mol. The first-order chi connectivity index (χ1) is 15.0. The highest BCUT2D eigenvalue weighted by Crippen LogP contribution is 2.19. The van der Waals surface area contributed by atoms with Gasteiger partial charge in [0.2, 0.25) is 0 Å². The summed E-state index contributed by atoms with van der Waals surface area (Å²) in [6.45, 7) is 4.21. The predicted octanol–water partition coefficient (Wildman–Crippen LogP) is 4.46. The highest BCUT2D eigenvalue weighted by atomic mass is 16.5. The Bertz CT molecular complexity index is 816. The molecule has 31 heavy (non-hydrogen) atoms. The van der Waals surface area contributed by atoms with Crippen LogP contribution in [0.15, 0.2) is 60.7 Å². The molecule has 166 valence electrons. The fourth-order valence-corrected chi connectivity index (χ4v) is 2.87. The third-order valence-electron chi connectivity index (χ3n) is 4.75. The summed E-state index contributed by atoms with van der Waals surface area (Å²) in [7, 11) is 0. The van der Waals surface area contributed by atoms with E-state index in [-0.39, 0.29) is 44.5 Å². The van der Waals surface area contributed by atoms with Crippen molar-refractivity contribution in [1.29, 1.82) is 0 Å². The van der Waals surface area contributed by atoms with Gasteiger partial charge in [-0.25, -0.2) is 0 Å². The quantitative estimate of drug-likeness (QED) is 0.283. The van der Waals surface area contributed by atoms with E-state index in [1.54, 1.807) is 0 Å². The van der Waals surface area contributed by atoms with Gasteiger partial charge in [0.1, 0.15) is 13.2 Å². The van der Waals surface area contributed by atoms with Gasteiger partial charge < -0.3 is 14.2 Å². The van der Waals surface area contributed by atoms with Crippen molar-refractivity contribution < 1.29 is 28.6 Å². The van der Waals surface area contributed by atoms with Gasteiger partial charge in [-0.1, -0.05) is 74.5 Å². The fraction of sp³-hybridized carbons (Fsp3) is 0.400. The lowest BCUT2D eigenvalue weighted by Gasteiger charge is -2.18. The minimum atomic E-state index is -0.590. The minimum absolute atomic E-state index is 0.0392. The lowest BCUT2D eigenvalue weighted by Crippen LogP contribution is -2.26. The average Bonchev–Trinajstić information content (AvgIpc) is 2.78. The summed E-state index contributed by atoms with van der Waals surface area (Å²) in [6.07, 6.45) is 0.483. The van der Waals surface area contributed by atoms with Crippen molar-refractivity contribution in [1.82, 2.24) is 0 Å². The third-order valence-corrected chi connectivity index (χ3v) is 4.75. The van der Waals surface area contributed by atoms with Crippen LogP contribution < -0.4 is 0 Å². The molecule has 6 heteroatoms. The summed E-state index contributed by atoms with van der Waals surface area (Å²) in [4.78, 5) is 36.4. The molecule has 0 spiro atoms. The number of rotatable bonds is 12. The molecule has 0 saturated heterocycles. The highest BCUT2D eigenvalue weighted by molar-refractivity contribution is 5.80. The molecular formula is C25H30O6. The molecule has 2 aromatic carbocycles. The smallest absolute Gasteiger partial charge is 0.309 e. The van der Waals surface area contributed by atoms with Crippen LogP contribution in [-0.2, 0) is 41.8 Å². The van der Waals surface area contributed by atoms with Crippen LogP contribution in [0.2, 0.25) is 0 Å². The Labute approximate surface area is 183 Å². The van der Waals surface area contributed by atoms with Gasteiger partial charge in [0.15, 0.2) is 0 Å². The van der Waals surface area contributed by atoms with Crippen LogP contribution in [-0.4, -0.2) is 24.5 Å². The first-order valence-corrected chi connectivity index (χ1v) is 10.5. The first-order valence-electron chi connectivity index (χ1n) is 10.5. The Kier molecular flexibility index (Phi) is 10.3. The molecule has 6 nitrogen and oxygen atoms in total. The molecule has 0 aliphatic carbocycles. The molecule has 0 unspecified atom stereocenters. The van der Waals surface area contributed by atoms with E-state index in [1.807, 2.05) is 74.5 Å². The second-order valence-electron chi connectivity index (χ2n) is 7.62. The van der Waals surface area contributed by atoms with Gasteiger partial charge in [-0.05, 0) is 23.5 Å². The van der Waals surface area contributed by atoms with Gasteiger partial charge >= 0.3 is 17.9 Å². The highest BCUT2D eigenvalue weighted by Gasteiger charge is 2.27. The molecule has 2 aromatic rings. The summed E-state index contributed by atoms with van der Waals surface area (Å²) in [5.41, 5.74) is 1.81. The molecule has 0 aromatic heterocycles. The molecule has 0 heterocycles. The predicted molar refractivity (Wildman–Crippen MR) is 116 cm³/mol. The Morgan fingerprint density at radius 2 is 1.26 bits per heavy atom. The van der Waals surface area contributed by atoms with Crippen molar-refractivity contribution in [3.63, 3.8) is 0 Å². The van der Waals surface area contributed by atoms with E-state index in [4.69, 9.17) is 14.2 Å². The zero-order valence-corrected chi connectivity index (χ0v) is 18.1. The van der Waals surface area contributed by atoms with E-state index in [0.717, 1.165) is 11.1 Å². The van der Waals surface area contributed by atoms with Crippen LogP contribution in [0.25, 0.3) is 0 Å². The van der Waals surface area contributed by atoms with E-state index in [2.05, 4.69) is 0 Å². The second-order valence-corrected chi connectivity index (χ2v) is 7.62. The van der Waals surface area contributed by atoms with Gasteiger partial charge in [0, 0.05) is 6.42 Å². The zero-order chi connectivity index (χ0) is 22.5. The SMILES string of the molecule is CC(C)[C@H](CC(=O)OCc1ccccc1)C(=O)OCCCC(=O)OCc1ccccc1. The van der Waals surface area contributed by atoms with Gasteiger partial charge in [0.25, 0.3) is 0 Å². The maximum atomic E-state index is 12.4. The Morgan fingerprint density at radius 3 is 1.77 bits per heavy atom. The summed E-state index contributed by atoms with van der Waals surface area (Å²) in [6, 6.07) is 18.8. The van der Waals surface area contributed by atoms with Crippen molar-refractivity contribution in [2.45, 2.75) is 46.3 Å². The van der Waals surface area contributed by atoms with Crippen molar-refractivity contribution in [2.75, 3.05) is 6.61 Å². The van der Waals surface area contributed by atoms with Gasteiger partial charge in [-0.15, -0.1) is 0 Å². The molecule has 0 N–H and O–H groups in total. The minimum Gasteiger partial charge on any atom is -0.465 e. The second kappa shape index (κ2) is 13.2. The maximum Gasteiger partial charge on any atom is 0.309 e. The molecule has 0 fully saturated rings. The molecular weight excluding hydrogens is 396 g/mol. The molecule has 0 aliphatic heterocycles. The lowest BCUT2D eigenvalue weighted by molar-refractivity contribution is -0.158. The molecule has 2 rings (SSSR count). The standard InChI is InChI=1S/C25H30O6/c1-19(2)22(16-24(27)31-18-21-12-7-4-8-13-21)25(28)29-15-9-14-23(26)30-17-20-10-5-3-6-11-20/h3-8,10-13,19,22H,9,14-18H2,1-2H3/t22-/m0/s1. The van der Waals surface area contributed by atoms with Crippen molar-refractivity contribution >= 4 is 17.9 Å². The average molecular weight is 427 g/mol. The zero-order valence-electron chi connectivity index (χ0n) is 18.1.